The number of hydrogen-bond acceptors (Lipinski definition) is 4. The Labute approximate surface area is 163 Å². The van der Waals surface area contributed by atoms with Crippen molar-refractivity contribution in [3.63, 3.8) is 0 Å². The van der Waals surface area contributed by atoms with Crippen LogP contribution in [-0.2, 0) is 10.2 Å². The maximum Gasteiger partial charge on any atom is 0.231 e. The summed E-state index contributed by atoms with van der Waals surface area (Å²) in [6.07, 6.45) is 1.78. The summed E-state index contributed by atoms with van der Waals surface area (Å²) in [6.45, 7) is 2.45. The van der Waals surface area contributed by atoms with Crippen molar-refractivity contribution >= 4 is 10.9 Å². The number of para-hydroxylation sites is 1. The Morgan fingerprint density at radius 3 is 2.64 bits per heavy atom. The molecule has 144 valence electrons. The second-order valence-electron chi connectivity index (χ2n) is 7.68. The molecule has 3 aromatic rings. The highest BCUT2D eigenvalue weighted by Gasteiger charge is 2.49. The Hall–Kier alpha value is -2.79. The van der Waals surface area contributed by atoms with Crippen LogP contribution < -0.4 is 14.9 Å². The zero-order valence-corrected chi connectivity index (χ0v) is 16.3. The molecule has 2 bridgehead atoms. The van der Waals surface area contributed by atoms with Gasteiger partial charge in [0.1, 0.15) is 5.75 Å². The number of ether oxygens (including phenoxy) is 3. The number of fused-ring (bicyclic) bond motifs is 3. The van der Waals surface area contributed by atoms with E-state index in [1.165, 1.54) is 12.7 Å². The largest absolute Gasteiger partial charge is 0.496 e. The van der Waals surface area contributed by atoms with Gasteiger partial charge in [-0.15, -0.1) is 0 Å². The van der Waals surface area contributed by atoms with Crippen molar-refractivity contribution in [1.29, 1.82) is 0 Å². The van der Waals surface area contributed by atoms with Gasteiger partial charge in [-0.05, 0) is 43.0 Å². The summed E-state index contributed by atoms with van der Waals surface area (Å²) in [5, 5.41) is 0.684. The summed E-state index contributed by atoms with van der Waals surface area (Å²) < 4.78 is 17.4. The highest BCUT2D eigenvalue weighted by atomic mass is 16.5. The van der Waals surface area contributed by atoms with E-state index >= 15 is 0 Å². The average Bonchev–Trinajstić information content (AvgIpc) is 2.74. The lowest BCUT2D eigenvalue weighted by atomic mass is 9.63. The van der Waals surface area contributed by atoms with Crippen LogP contribution in [0.5, 0.6) is 11.5 Å². The molecule has 0 amide bonds. The number of methoxy groups -OCH3 is 2. The maximum atomic E-state index is 13.3. The summed E-state index contributed by atoms with van der Waals surface area (Å²) in [7, 11) is 3.24. The van der Waals surface area contributed by atoms with Crippen molar-refractivity contribution < 1.29 is 14.2 Å². The Balaban J connectivity index is 1.87. The van der Waals surface area contributed by atoms with E-state index in [-0.39, 0.29) is 16.9 Å². The second-order valence-corrected chi connectivity index (χ2v) is 7.68. The number of aromatic amines is 1. The number of pyridine rings is 1. The maximum absolute atomic E-state index is 13.3. The Kier molecular flexibility index (Phi) is 3.78. The predicted molar refractivity (Wildman–Crippen MR) is 108 cm³/mol. The molecule has 0 radical (unpaired) electrons. The lowest BCUT2D eigenvalue weighted by Gasteiger charge is -2.48. The minimum Gasteiger partial charge on any atom is -0.496 e. The van der Waals surface area contributed by atoms with Crippen molar-refractivity contribution in [2.75, 3.05) is 20.8 Å². The van der Waals surface area contributed by atoms with Gasteiger partial charge in [0, 0.05) is 11.0 Å². The predicted octanol–water partition coefficient (Wildman–Crippen LogP) is 4.00. The van der Waals surface area contributed by atoms with Gasteiger partial charge in [-0.1, -0.05) is 24.3 Å². The van der Waals surface area contributed by atoms with Gasteiger partial charge in [0.25, 0.3) is 0 Å². The van der Waals surface area contributed by atoms with Gasteiger partial charge in [0.2, 0.25) is 5.43 Å². The lowest BCUT2D eigenvalue weighted by molar-refractivity contribution is -0.0389. The van der Waals surface area contributed by atoms with Gasteiger partial charge in [0.05, 0.1) is 43.5 Å². The number of rotatable bonds is 3. The molecular weight excluding hydrogens is 354 g/mol. The number of aryl methyl sites for hydroxylation is 1. The first-order valence-corrected chi connectivity index (χ1v) is 9.60. The highest BCUT2D eigenvalue weighted by molar-refractivity contribution is 5.87. The first kappa shape index (κ1) is 17.3. The van der Waals surface area contributed by atoms with E-state index in [0.29, 0.717) is 17.7 Å². The molecule has 1 aliphatic carbocycles. The van der Waals surface area contributed by atoms with Gasteiger partial charge in [-0.2, -0.15) is 0 Å². The molecule has 28 heavy (non-hydrogen) atoms. The highest BCUT2D eigenvalue weighted by Crippen LogP contribution is 2.55. The fourth-order valence-corrected chi connectivity index (χ4v) is 5.12. The summed E-state index contributed by atoms with van der Waals surface area (Å²) in [6, 6.07) is 12.3. The fraction of sp³-hybridized carbons (Fsp3) is 0.348. The van der Waals surface area contributed by atoms with Crippen LogP contribution in [-0.4, -0.2) is 25.8 Å². The van der Waals surface area contributed by atoms with Crippen molar-refractivity contribution in [3.8, 4) is 11.5 Å². The molecule has 5 nitrogen and oxygen atoms in total. The zero-order valence-electron chi connectivity index (χ0n) is 16.3. The molecule has 5 heteroatoms. The van der Waals surface area contributed by atoms with E-state index in [9.17, 15) is 4.79 Å². The molecule has 1 fully saturated rings. The molecule has 0 saturated carbocycles. The first-order chi connectivity index (χ1) is 13.6. The summed E-state index contributed by atoms with van der Waals surface area (Å²) >= 11 is 0. The van der Waals surface area contributed by atoms with Crippen molar-refractivity contribution in [3.05, 3.63) is 69.0 Å². The zero-order chi connectivity index (χ0) is 19.5. The third-order valence-electron chi connectivity index (χ3n) is 6.37. The Morgan fingerprint density at radius 2 is 1.93 bits per heavy atom. The van der Waals surface area contributed by atoms with Crippen molar-refractivity contribution in [2.24, 2.45) is 0 Å². The lowest BCUT2D eigenvalue weighted by Crippen LogP contribution is -2.44. The number of aromatic nitrogens is 1. The molecule has 0 spiro atoms. The van der Waals surface area contributed by atoms with Gasteiger partial charge in [-0.3, -0.25) is 4.79 Å². The van der Waals surface area contributed by atoms with Crippen LogP contribution >= 0.6 is 0 Å². The monoisotopic (exact) mass is 377 g/mol. The molecule has 2 atom stereocenters. The van der Waals surface area contributed by atoms with Crippen LogP contribution in [0.4, 0.5) is 0 Å². The van der Waals surface area contributed by atoms with E-state index in [2.05, 4.69) is 17.1 Å². The normalized spacial score (nSPS) is 22.9. The van der Waals surface area contributed by atoms with Gasteiger partial charge >= 0.3 is 0 Å². The number of benzene rings is 2. The SMILES string of the molecule is COc1ccccc1[C@@]12CC[C@@H](OC1)c1c2ccc2[nH]c(C)c(OC)c(=O)c12. The van der Waals surface area contributed by atoms with Crippen molar-refractivity contribution in [2.45, 2.75) is 31.3 Å². The first-order valence-electron chi connectivity index (χ1n) is 9.60. The van der Waals surface area contributed by atoms with Crippen LogP contribution in [0.2, 0.25) is 0 Å². The molecule has 3 heterocycles. The van der Waals surface area contributed by atoms with E-state index in [0.717, 1.165) is 40.9 Å². The minimum absolute atomic E-state index is 0.0659. The molecule has 3 aliphatic rings. The summed E-state index contributed by atoms with van der Waals surface area (Å²) in [4.78, 5) is 16.6. The smallest absolute Gasteiger partial charge is 0.231 e. The molecule has 0 unspecified atom stereocenters. The third-order valence-corrected chi connectivity index (χ3v) is 6.37. The van der Waals surface area contributed by atoms with E-state index in [4.69, 9.17) is 14.2 Å². The Bertz CT molecular complexity index is 1140. The van der Waals surface area contributed by atoms with E-state index in [1.807, 2.05) is 31.2 Å². The molecular formula is C23H23NO4. The molecule has 2 aromatic carbocycles. The van der Waals surface area contributed by atoms with Crippen molar-refractivity contribution in [1.82, 2.24) is 4.98 Å². The van der Waals surface area contributed by atoms with Crippen LogP contribution in [0.1, 0.15) is 41.3 Å². The van der Waals surface area contributed by atoms with Crippen LogP contribution in [0.25, 0.3) is 10.9 Å². The number of nitrogens with one attached hydrogen (secondary N) is 1. The third kappa shape index (κ3) is 2.14. The summed E-state index contributed by atoms with van der Waals surface area (Å²) in [5.74, 6) is 1.22. The van der Waals surface area contributed by atoms with E-state index in [1.54, 1.807) is 7.11 Å². The molecule has 1 aromatic heterocycles. The molecule has 2 aliphatic heterocycles. The quantitative estimate of drug-likeness (QED) is 0.749. The van der Waals surface area contributed by atoms with Gasteiger partial charge in [0.15, 0.2) is 5.75 Å². The number of H-pyrrole nitrogens is 1. The molecule has 1 saturated heterocycles. The van der Waals surface area contributed by atoms with Crippen LogP contribution in [0.15, 0.2) is 41.2 Å². The van der Waals surface area contributed by atoms with Gasteiger partial charge < -0.3 is 19.2 Å². The molecule has 6 rings (SSSR count). The second kappa shape index (κ2) is 6.11. The minimum atomic E-state index is -0.310. The fourth-order valence-electron chi connectivity index (χ4n) is 5.12. The van der Waals surface area contributed by atoms with Gasteiger partial charge in [-0.25, -0.2) is 0 Å². The van der Waals surface area contributed by atoms with E-state index < -0.39 is 0 Å². The Morgan fingerprint density at radius 1 is 1.11 bits per heavy atom. The standard InChI is InChI=1S/C23H23NO4/c1-13-22(27-3)21(25)20-16(24-13)9-8-15-19(20)18-10-11-23(15,12-28-18)14-6-4-5-7-17(14)26-2/h4-9,18H,10-12H2,1-3H3,(H,24,25)/t18-,23-/m1/s1. The topological polar surface area (TPSA) is 60.6 Å². The van der Waals surface area contributed by atoms with Crippen LogP contribution in [0.3, 0.4) is 0 Å². The number of hydrogen-bond donors (Lipinski definition) is 1. The van der Waals surface area contributed by atoms with Crippen LogP contribution in [0, 0.1) is 6.92 Å². The average molecular weight is 377 g/mol. The summed E-state index contributed by atoms with van der Waals surface area (Å²) in [5.41, 5.74) is 4.47. The molecule has 1 N–H and O–H groups in total.